The Bertz CT molecular complexity index is 812. The Morgan fingerprint density at radius 3 is 2.35 bits per heavy atom. The highest BCUT2D eigenvalue weighted by Crippen LogP contribution is 2.27. The molecule has 0 aliphatic heterocycles. The molecule has 2 rings (SSSR count). The molecule has 0 aliphatic rings. The summed E-state index contributed by atoms with van der Waals surface area (Å²) in [6.07, 6.45) is -0.327. The van der Waals surface area contributed by atoms with E-state index in [0.29, 0.717) is 27.2 Å². The summed E-state index contributed by atoms with van der Waals surface area (Å²) in [6, 6.07) is 9.98. The van der Waals surface area contributed by atoms with Crippen molar-refractivity contribution in [2.75, 3.05) is 19.5 Å². The molecule has 0 bridgehead atoms. The van der Waals surface area contributed by atoms with Crippen molar-refractivity contribution in [1.29, 1.82) is 0 Å². The smallest absolute Gasteiger partial charge is 0.233 e. The molecule has 2 N–H and O–H groups in total. The Balaban J connectivity index is 1.87. The molecule has 0 fully saturated rings. The van der Waals surface area contributed by atoms with E-state index in [1.54, 1.807) is 37.4 Å². The molecular weight excluding hydrogens is 379 g/mol. The number of amides is 2. The third-order valence-electron chi connectivity index (χ3n) is 3.46. The zero-order valence-corrected chi connectivity index (χ0v) is 15.8. The van der Waals surface area contributed by atoms with Crippen LogP contribution in [0.5, 0.6) is 11.5 Å². The molecule has 2 aromatic carbocycles. The average Bonchev–Trinajstić information content (AvgIpc) is 2.62. The minimum absolute atomic E-state index is 0.258. The van der Waals surface area contributed by atoms with Gasteiger partial charge in [0.25, 0.3) is 0 Å². The summed E-state index contributed by atoms with van der Waals surface area (Å²) in [6.45, 7) is 0.258. The minimum atomic E-state index is -0.473. The van der Waals surface area contributed by atoms with Gasteiger partial charge in [-0.3, -0.25) is 9.59 Å². The summed E-state index contributed by atoms with van der Waals surface area (Å²) in [5, 5.41) is 6.01. The van der Waals surface area contributed by atoms with E-state index in [1.165, 1.54) is 13.2 Å². The maximum Gasteiger partial charge on any atom is 0.233 e. The van der Waals surface area contributed by atoms with Crippen LogP contribution in [-0.2, 0) is 16.1 Å². The molecule has 138 valence electrons. The fourth-order valence-electron chi connectivity index (χ4n) is 2.18. The number of anilines is 1. The topological polar surface area (TPSA) is 76.7 Å². The van der Waals surface area contributed by atoms with E-state index < -0.39 is 11.8 Å². The van der Waals surface area contributed by atoms with Gasteiger partial charge in [-0.15, -0.1) is 0 Å². The van der Waals surface area contributed by atoms with Gasteiger partial charge in [0, 0.05) is 11.6 Å². The van der Waals surface area contributed by atoms with E-state index in [2.05, 4.69) is 10.6 Å². The second-order valence-electron chi connectivity index (χ2n) is 5.32. The third-order valence-corrected chi connectivity index (χ3v) is 4.01. The van der Waals surface area contributed by atoms with Gasteiger partial charge >= 0.3 is 0 Å². The van der Waals surface area contributed by atoms with Gasteiger partial charge in [0.1, 0.15) is 6.42 Å². The van der Waals surface area contributed by atoms with Crippen LogP contribution < -0.4 is 20.1 Å². The zero-order valence-electron chi connectivity index (χ0n) is 14.3. The van der Waals surface area contributed by atoms with Crippen LogP contribution in [0.4, 0.5) is 5.69 Å². The Labute approximate surface area is 161 Å². The summed E-state index contributed by atoms with van der Waals surface area (Å²) in [7, 11) is 3.08. The van der Waals surface area contributed by atoms with Crippen LogP contribution in [0.15, 0.2) is 36.4 Å². The van der Waals surface area contributed by atoms with Gasteiger partial charge in [-0.05, 0) is 35.9 Å². The van der Waals surface area contributed by atoms with Gasteiger partial charge in [-0.25, -0.2) is 0 Å². The van der Waals surface area contributed by atoms with Crippen molar-refractivity contribution in [1.82, 2.24) is 5.32 Å². The molecular formula is C18H18Cl2N2O4. The maximum absolute atomic E-state index is 12.0. The van der Waals surface area contributed by atoms with E-state index in [9.17, 15) is 9.59 Å². The lowest BCUT2D eigenvalue weighted by atomic mass is 10.2. The highest BCUT2D eigenvalue weighted by molar-refractivity contribution is 6.36. The van der Waals surface area contributed by atoms with E-state index in [0.717, 1.165) is 5.56 Å². The monoisotopic (exact) mass is 396 g/mol. The molecule has 0 heterocycles. The molecule has 2 aromatic rings. The van der Waals surface area contributed by atoms with E-state index >= 15 is 0 Å². The van der Waals surface area contributed by atoms with Crippen molar-refractivity contribution in [3.8, 4) is 11.5 Å². The van der Waals surface area contributed by atoms with Gasteiger partial charge in [-0.1, -0.05) is 29.3 Å². The zero-order chi connectivity index (χ0) is 19.1. The standard InChI is InChI=1S/C18H18Cl2N2O4/c1-25-15-6-3-11(7-16(15)26-2)10-21-17(23)9-18(24)22-14-5-4-12(19)8-13(14)20/h3-8H,9-10H2,1-2H3,(H,21,23)(H,22,24). The van der Waals surface area contributed by atoms with Gasteiger partial charge < -0.3 is 20.1 Å². The van der Waals surface area contributed by atoms with Crippen LogP contribution in [0.1, 0.15) is 12.0 Å². The van der Waals surface area contributed by atoms with Gasteiger partial charge in [-0.2, -0.15) is 0 Å². The molecule has 0 saturated heterocycles. The molecule has 0 radical (unpaired) electrons. The van der Waals surface area contributed by atoms with Gasteiger partial charge in [0.2, 0.25) is 11.8 Å². The molecule has 0 saturated carbocycles. The molecule has 0 spiro atoms. The summed E-state index contributed by atoms with van der Waals surface area (Å²) in [5.41, 5.74) is 1.21. The second-order valence-corrected chi connectivity index (χ2v) is 6.16. The van der Waals surface area contributed by atoms with Crippen LogP contribution in [0.3, 0.4) is 0 Å². The molecule has 0 atom stereocenters. The fraction of sp³-hybridized carbons (Fsp3) is 0.222. The van der Waals surface area contributed by atoms with Crippen molar-refractivity contribution in [2.45, 2.75) is 13.0 Å². The first-order valence-electron chi connectivity index (χ1n) is 7.65. The normalized spacial score (nSPS) is 10.2. The SMILES string of the molecule is COc1ccc(CNC(=O)CC(=O)Nc2ccc(Cl)cc2Cl)cc1OC. The van der Waals surface area contributed by atoms with Gasteiger partial charge in [0.05, 0.1) is 24.9 Å². The van der Waals surface area contributed by atoms with Crippen molar-refractivity contribution in [2.24, 2.45) is 0 Å². The Morgan fingerprint density at radius 2 is 1.69 bits per heavy atom. The first-order valence-corrected chi connectivity index (χ1v) is 8.41. The maximum atomic E-state index is 12.0. The van der Waals surface area contributed by atoms with Crippen molar-refractivity contribution >= 4 is 40.7 Å². The lowest BCUT2D eigenvalue weighted by Gasteiger charge is -2.11. The first-order chi connectivity index (χ1) is 12.4. The summed E-state index contributed by atoms with van der Waals surface area (Å²) >= 11 is 11.8. The summed E-state index contributed by atoms with van der Waals surface area (Å²) < 4.78 is 10.4. The molecule has 0 unspecified atom stereocenters. The van der Waals surface area contributed by atoms with E-state index in [4.69, 9.17) is 32.7 Å². The van der Waals surface area contributed by atoms with Crippen LogP contribution in [0.2, 0.25) is 10.0 Å². The highest BCUT2D eigenvalue weighted by Gasteiger charge is 2.12. The van der Waals surface area contributed by atoms with Crippen LogP contribution in [0.25, 0.3) is 0 Å². The first kappa shape index (κ1) is 19.9. The predicted molar refractivity (Wildman–Crippen MR) is 101 cm³/mol. The van der Waals surface area contributed by atoms with Crippen LogP contribution >= 0.6 is 23.2 Å². The number of carbonyl (C=O) groups is 2. The fourth-order valence-corrected chi connectivity index (χ4v) is 2.64. The van der Waals surface area contributed by atoms with Crippen molar-refractivity contribution in [3.63, 3.8) is 0 Å². The van der Waals surface area contributed by atoms with Crippen molar-refractivity contribution in [3.05, 3.63) is 52.0 Å². The number of hydrogen-bond acceptors (Lipinski definition) is 4. The minimum Gasteiger partial charge on any atom is -0.493 e. The molecule has 26 heavy (non-hydrogen) atoms. The Kier molecular flexibility index (Phi) is 7.12. The number of ether oxygens (including phenoxy) is 2. The molecule has 0 aromatic heterocycles. The highest BCUT2D eigenvalue weighted by atomic mass is 35.5. The number of carbonyl (C=O) groups excluding carboxylic acids is 2. The van der Waals surface area contributed by atoms with Gasteiger partial charge in [0.15, 0.2) is 11.5 Å². The quantitative estimate of drug-likeness (QED) is 0.700. The average molecular weight is 397 g/mol. The van der Waals surface area contributed by atoms with Crippen molar-refractivity contribution < 1.29 is 19.1 Å². The molecule has 2 amide bonds. The molecule has 6 nitrogen and oxygen atoms in total. The number of methoxy groups -OCH3 is 2. The molecule has 8 heteroatoms. The summed E-state index contributed by atoms with van der Waals surface area (Å²) in [4.78, 5) is 23.9. The van der Waals surface area contributed by atoms with Crippen LogP contribution in [0, 0.1) is 0 Å². The number of nitrogens with one attached hydrogen (secondary N) is 2. The van der Waals surface area contributed by atoms with Crippen LogP contribution in [-0.4, -0.2) is 26.0 Å². The van der Waals surface area contributed by atoms with E-state index in [1.807, 2.05) is 0 Å². The largest absolute Gasteiger partial charge is 0.493 e. The number of halogens is 2. The number of benzene rings is 2. The summed E-state index contributed by atoms with van der Waals surface area (Å²) in [5.74, 6) is 0.276. The van der Waals surface area contributed by atoms with E-state index in [-0.39, 0.29) is 13.0 Å². The number of rotatable bonds is 7. The molecule has 0 aliphatic carbocycles. The lowest BCUT2D eigenvalue weighted by Crippen LogP contribution is -2.27. The lowest BCUT2D eigenvalue weighted by molar-refractivity contribution is -0.126. The predicted octanol–water partition coefficient (Wildman–Crippen LogP) is 3.66. The third kappa shape index (κ3) is 5.54. The Hall–Kier alpha value is -2.44. The second kappa shape index (κ2) is 9.31. The number of hydrogen-bond donors (Lipinski definition) is 2. The Morgan fingerprint density at radius 1 is 0.962 bits per heavy atom.